The Morgan fingerprint density at radius 1 is 1.25 bits per heavy atom. The topological polar surface area (TPSA) is 42.7 Å². The first kappa shape index (κ1) is 10.8. The molecule has 0 aliphatic heterocycles. The molecule has 1 aromatic carbocycles. The molecule has 0 bridgehead atoms. The summed E-state index contributed by atoms with van der Waals surface area (Å²) in [6.45, 7) is 1.35. The Labute approximate surface area is 93.1 Å². The van der Waals surface area contributed by atoms with Gasteiger partial charge in [0.1, 0.15) is 5.82 Å². The van der Waals surface area contributed by atoms with E-state index in [4.69, 9.17) is 0 Å². The maximum atomic E-state index is 12.6. The Hall–Kier alpha value is -1.75. The van der Waals surface area contributed by atoms with Gasteiger partial charge in [-0.05, 0) is 17.7 Å². The summed E-state index contributed by atoms with van der Waals surface area (Å²) in [5.74, 6) is -0.210. The van der Waals surface area contributed by atoms with Crippen molar-refractivity contribution in [2.45, 2.75) is 13.1 Å². The zero-order valence-electron chi connectivity index (χ0n) is 9.02. The average Bonchev–Trinajstić information content (AvgIpc) is 2.67. The van der Waals surface area contributed by atoms with Crippen molar-refractivity contribution < 1.29 is 4.39 Å². The molecule has 0 amide bonds. The van der Waals surface area contributed by atoms with E-state index in [0.29, 0.717) is 13.1 Å². The number of hydrogen-bond acceptors (Lipinski definition) is 3. The molecule has 0 saturated carbocycles. The quantitative estimate of drug-likeness (QED) is 0.843. The van der Waals surface area contributed by atoms with Crippen LogP contribution in [0.4, 0.5) is 4.39 Å². The highest BCUT2D eigenvalue weighted by molar-refractivity contribution is 5.15. The molecular weight excluding hydrogens is 207 g/mol. The van der Waals surface area contributed by atoms with Gasteiger partial charge in [-0.3, -0.25) is 4.68 Å². The molecule has 16 heavy (non-hydrogen) atoms. The van der Waals surface area contributed by atoms with Crippen molar-refractivity contribution in [3.63, 3.8) is 0 Å². The van der Waals surface area contributed by atoms with Crippen LogP contribution in [0.1, 0.15) is 11.3 Å². The van der Waals surface area contributed by atoms with Gasteiger partial charge < -0.3 is 5.32 Å². The third-order valence-corrected chi connectivity index (χ3v) is 2.20. The summed E-state index contributed by atoms with van der Waals surface area (Å²) < 4.78 is 14.3. The van der Waals surface area contributed by atoms with Crippen molar-refractivity contribution in [2.24, 2.45) is 7.05 Å². The fourth-order valence-corrected chi connectivity index (χ4v) is 1.41. The Bertz CT molecular complexity index is 449. The van der Waals surface area contributed by atoms with E-state index in [1.807, 2.05) is 13.2 Å². The summed E-state index contributed by atoms with van der Waals surface area (Å²) in [6, 6.07) is 6.44. The Morgan fingerprint density at radius 3 is 2.62 bits per heavy atom. The molecule has 0 unspecified atom stereocenters. The summed E-state index contributed by atoms with van der Waals surface area (Å²) in [5, 5.41) is 11.0. The van der Waals surface area contributed by atoms with Crippen LogP contribution in [0.2, 0.25) is 0 Å². The first-order chi connectivity index (χ1) is 7.74. The Morgan fingerprint density at radius 2 is 2.00 bits per heavy atom. The third kappa shape index (κ3) is 2.87. The summed E-state index contributed by atoms with van der Waals surface area (Å²) >= 11 is 0. The molecular formula is C11H13FN4. The van der Waals surface area contributed by atoms with Crippen LogP contribution in [0.5, 0.6) is 0 Å². The van der Waals surface area contributed by atoms with Crippen molar-refractivity contribution in [3.8, 4) is 0 Å². The van der Waals surface area contributed by atoms with Crippen molar-refractivity contribution in [1.82, 2.24) is 20.3 Å². The van der Waals surface area contributed by atoms with Crippen molar-refractivity contribution in [2.75, 3.05) is 0 Å². The van der Waals surface area contributed by atoms with E-state index in [2.05, 4.69) is 15.6 Å². The van der Waals surface area contributed by atoms with E-state index >= 15 is 0 Å². The van der Waals surface area contributed by atoms with E-state index in [1.165, 1.54) is 12.1 Å². The van der Waals surface area contributed by atoms with Gasteiger partial charge in [0.15, 0.2) is 0 Å². The molecule has 84 valence electrons. The molecule has 2 rings (SSSR count). The largest absolute Gasteiger partial charge is 0.307 e. The summed E-state index contributed by atoms with van der Waals surface area (Å²) in [6.07, 6.45) is 1.86. The number of hydrogen-bond donors (Lipinski definition) is 1. The van der Waals surface area contributed by atoms with E-state index in [1.54, 1.807) is 16.8 Å². The minimum atomic E-state index is -0.210. The summed E-state index contributed by atoms with van der Waals surface area (Å²) in [5.41, 5.74) is 1.94. The lowest BCUT2D eigenvalue weighted by atomic mass is 10.2. The highest BCUT2D eigenvalue weighted by Crippen LogP contribution is 2.02. The fourth-order valence-electron chi connectivity index (χ4n) is 1.41. The van der Waals surface area contributed by atoms with Gasteiger partial charge in [0.05, 0.1) is 5.69 Å². The summed E-state index contributed by atoms with van der Waals surface area (Å²) in [7, 11) is 1.83. The van der Waals surface area contributed by atoms with Crippen molar-refractivity contribution in [1.29, 1.82) is 0 Å². The molecule has 0 saturated heterocycles. The van der Waals surface area contributed by atoms with Gasteiger partial charge in [0, 0.05) is 26.3 Å². The molecule has 0 aliphatic carbocycles. The second-order valence-corrected chi connectivity index (χ2v) is 3.61. The molecule has 0 spiro atoms. The second-order valence-electron chi connectivity index (χ2n) is 3.61. The lowest BCUT2D eigenvalue weighted by molar-refractivity contribution is 0.624. The molecule has 1 N–H and O–H groups in total. The van der Waals surface area contributed by atoms with Gasteiger partial charge in [0.2, 0.25) is 0 Å². The molecule has 0 atom stereocenters. The first-order valence-corrected chi connectivity index (χ1v) is 5.04. The number of rotatable bonds is 4. The SMILES string of the molecule is Cn1cc(CNCc2ccc(F)cc2)nn1. The van der Waals surface area contributed by atoms with Gasteiger partial charge in [-0.1, -0.05) is 17.3 Å². The minimum absolute atomic E-state index is 0.210. The predicted octanol–water partition coefficient (Wildman–Crippen LogP) is 1.24. The van der Waals surface area contributed by atoms with Gasteiger partial charge in [-0.2, -0.15) is 0 Å². The van der Waals surface area contributed by atoms with Crippen LogP contribution in [0.15, 0.2) is 30.5 Å². The lowest BCUT2D eigenvalue weighted by Gasteiger charge is -2.02. The maximum Gasteiger partial charge on any atom is 0.123 e. The molecule has 0 fully saturated rings. The molecule has 1 heterocycles. The number of nitrogens with zero attached hydrogens (tertiary/aromatic N) is 3. The Kier molecular flexibility index (Phi) is 3.26. The third-order valence-electron chi connectivity index (χ3n) is 2.20. The average molecular weight is 220 g/mol. The zero-order valence-corrected chi connectivity index (χ0v) is 9.02. The first-order valence-electron chi connectivity index (χ1n) is 5.04. The van der Waals surface area contributed by atoms with Crippen LogP contribution in [0.3, 0.4) is 0 Å². The zero-order chi connectivity index (χ0) is 11.4. The van der Waals surface area contributed by atoms with Crippen molar-refractivity contribution in [3.05, 3.63) is 47.5 Å². The van der Waals surface area contributed by atoms with E-state index in [0.717, 1.165) is 11.3 Å². The van der Waals surface area contributed by atoms with E-state index in [9.17, 15) is 4.39 Å². The van der Waals surface area contributed by atoms with Gasteiger partial charge in [0.25, 0.3) is 0 Å². The highest BCUT2D eigenvalue weighted by atomic mass is 19.1. The molecule has 4 nitrogen and oxygen atoms in total. The molecule has 2 aromatic rings. The van der Waals surface area contributed by atoms with Gasteiger partial charge in [-0.15, -0.1) is 5.10 Å². The second kappa shape index (κ2) is 4.85. The van der Waals surface area contributed by atoms with Gasteiger partial charge >= 0.3 is 0 Å². The van der Waals surface area contributed by atoms with Gasteiger partial charge in [-0.25, -0.2) is 4.39 Å². The number of aryl methyl sites for hydroxylation is 1. The lowest BCUT2D eigenvalue weighted by Crippen LogP contribution is -2.12. The monoisotopic (exact) mass is 220 g/mol. The standard InChI is InChI=1S/C11H13FN4/c1-16-8-11(14-15-16)7-13-6-9-2-4-10(12)5-3-9/h2-5,8,13H,6-7H2,1H3. The van der Waals surface area contributed by atoms with Crippen LogP contribution >= 0.6 is 0 Å². The number of aromatic nitrogens is 3. The van der Waals surface area contributed by atoms with E-state index < -0.39 is 0 Å². The molecule has 0 aliphatic rings. The molecule has 1 aromatic heterocycles. The minimum Gasteiger partial charge on any atom is -0.307 e. The van der Waals surface area contributed by atoms with Crippen LogP contribution in [0, 0.1) is 5.82 Å². The van der Waals surface area contributed by atoms with Crippen molar-refractivity contribution >= 4 is 0 Å². The Balaban J connectivity index is 1.82. The predicted molar refractivity (Wildman–Crippen MR) is 57.9 cm³/mol. The fraction of sp³-hybridized carbons (Fsp3) is 0.273. The maximum absolute atomic E-state index is 12.6. The van der Waals surface area contributed by atoms with Crippen LogP contribution in [0.25, 0.3) is 0 Å². The van der Waals surface area contributed by atoms with E-state index in [-0.39, 0.29) is 5.82 Å². The van der Waals surface area contributed by atoms with Crippen LogP contribution in [-0.4, -0.2) is 15.0 Å². The molecule has 5 heteroatoms. The number of benzene rings is 1. The van der Waals surface area contributed by atoms with Crippen LogP contribution < -0.4 is 5.32 Å². The normalized spacial score (nSPS) is 10.6. The number of halogens is 1. The molecule has 0 radical (unpaired) electrons. The van der Waals surface area contributed by atoms with Crippen LogP contribution in [-0.2, 0) is 20.1 Å². The smallest absolute Gasteiger partial charge is 0.123 e. The number of nitrogens with one attached hydrogen (secondary N) is 1. The summed E-state index contributed by atoms with van der Waals surface area (Å²) in [4.78, 5) is 0. The highest BCUT2D eigenvalue weighted by Gasteiger charge is 1.98.